The number of carbonyl (C=O) groups excluding carboxylic acids is 4. The minimum Gasteiger partial charge on any atom is -0.444 e. The average Bonchev–Trinajstić information content (AvgIpc) is 3.95. The van der Waals surface area contributed by atoms with Gasteiger partial charge in [0.15, 0.2) is 4.90 Å². The first-order valence-electron chi connectivity index (χ1n) is 16.4. The number of para-hydroxylation sites is 1. The predicted octanol–water partition coefficient (Wildman–Crippen LogP) is 1.54. The smallest absolute Gasteiger partial charge is 0.408 e. The van der Waals surface area contributed by atoms with E-state index >= 15 is 0 Å². The maximum atomic E-state index is 13.9. The van der Waals surface area contributed by atoms with E-state index in [0.29, 0.717) is 32.1 Å². The zero-order valence-electron chi connectivity index (χ0n) is 28.1. The van der Waals surface area contributed by atoms with Crippen LogP contribution < -0.4 is 15.8 Å². The minimum absolute atomic E-state index is 0.0963. The highest BCUT2D eigenvalue weighted by Gasteiger charge is 2.45. The number of allylic oxidation sites excluding steroid dienone is 1. The molecule has 0 aromatic heterocycles. The molecule has 3 fully saturated rings. The van der Waals surface area contributed by atoms with Crippen molar-refractivity contribution in [2.45, 2.75) is 93.5 Å². The molecule has 2 saturated carbocycles. The fraction of sp³-hybridized carbons (Fsp3) is 0.613. The van der Waals surface area contributed by atoms with Crippen LogP contribution in [-0.2, 0) is 39.2 Å². The van der Waals surface area contributed by atoms with Crippen molar-refractivity contribution >= 4 is 49.5 Å². The molecule has 4 N–H and O–H groups in total. The van der Waals surface area contributed by atoms with E-state index in [4.69, 9.17) is 10.5 Å². The van der Waals surface area contributed by atoms with Crippen molar-refractivity contribution in [2.75, 3.05) is 19.6 Å². The van der Waals surface area contributed by atoms with E-state index in [1.54, 1.807) is 32.9 Å². The van der Waals surface area contributed by atoms with Crippen LogP contribution >= 0.6 is 0 Å². The summed E-state index contributed by atoms with van der Waals surface area (Å²) < 4.78 is 60.5. The number of alkyl carbamates (subject to hydrolysis) is 1. The molecule has 19 heteroatoms. The molecule has 0 spiro atoms. The Morgan fingerprint density at radius 3 is 2.42 bits per heavy atom. The Labute approximate surface area is 291 Å². The van der Waals surface area contributed by atoms with Gasteiger partial charge in [0.25, 0.3) is 5.69 Å². The highest BCUT2D eigenvalue weighted by atomic mass is 32.2. The van der Waals surface area contributed by atoms with Crippen molar-refractivity contribution in [2.24, 2.45) is 17.6 Å². The fourth-order valence-corrected chi connectivity index (χ4v) is 8.70. The lowest BCUT2D eigenvalue weighted by atomic mass is 10.1. The number of benzene rings is 1. The molecule has 4 rings (SSSR count). The van der Waals surface area contributed by atoms with E-state index in [2.05, 4.69) is 10.0 Å². The number of nitro groups is 1. The zero-order chi connectivity index (χ0) is 37.0. The summed E-state index contributed by atoms with van der Waals surface area (Å²) in [7, 11) is -8.23. The predicted molar refractivity (Wildman–Crippen MR) is 179 cm³/mol. The zero-order valence-corrected chi connectivity index (χ0v) is 29.8. The number of hydrogen-bond donors (Lipinski definition) is 3. The van der Waals surface area contributed by atoms with Gasteiger partial charge >= 0.3 is 6.09 Å². The molecule has 276 valence electrons. The third-order valence-electron chi connectivity index (χ3n) is 8.51. The van der Waals surface area contributed by atoms with Crippen molar-refractivity contribution in [1.82, 2.24) is 19.2 Å². The third-order valence-corrected chi connectivity index (χ3v) is 12.3. The largest absolute Gasteiger partial charge is 0.444 e. The number of nitrogens with one attached hydrogen (secondary N) is 2. The van der Waals surface area contributed by atoms with Gasteiger partial charge in [-0.3, -0.25) is 29.2 Å². The van der Waals surface area contributed by atoms with Gasteiger partial charge in [-0.15, -0.1) is 0 Å². The number of hydrogen-bond acceptors (Lipinski definition) is 11. The van der Waals surface area contributed by atoms with Gasteiger partial charge in [0, 0.05) is 31.6 Å². The fourth-order valence-electron chi connectivity index (χ4n) is 5.72. The highest BCUT2D eigenvalue weighted by molar-refractivity contribution is 7.91. The topological polar surface area (TPSA) is 245 Å². The van der Waals surface area contributed by atoms with Gasteiger partial charge in [0.2, 0.25) is 37.8 Å². The summed E-state index contributed by atoms with van der Waals surface area (Å²) in [5.74, 6) is -2.76. The first-order valence-corrected chi connectivity index (χ1v) is 19.4. The first-order chi connectivity index (χ1) is 23.3. The van der Waals surface area contributed by atoms with Crippen LogP contribution in [0.1, 0.15) is 65.7 Å². The van der Waals surface area contributed by atoms with Gasteiger partial charge in [-0.25, -0.2) is 21.6 Å². The Hall–Kier alpha value is -4.10. The molecule has 50 heavy (non-hydrogen) atoms. The number of sulfonamides is 2. The minimum atomic E-state index is -4.55. The Morgan fingerprint density at radius 2 is 1.80 bits per heavy atom. The second kappa shape index (κ2) is 15.4. The van der Waals surface area contributed by atoms with Crippen LogP contribution in [0.25, 0.3) is 0 Å². The molecule has 0 bridgehead atoms. The Bertz CT molecular complexity index is 1740. The molecule has 1 aliphatic heterocycles. The molecule has 1 unspecified atom stereocenters. The highest BCUT2D eigenvalue weighted by Crippen LogP contribution is 2.40. The Morgan fingerprint density at radius 1 is 1.12 bits per heavy atom. The average molecular weight is 741 g/mol. The second-order valence-corrected chi connectivity index (χ2v) is 17.5. The number of ether oxygens (including phenoxy) is 1. The van der Waals surface area contributed by atoms with E-state index in [1.807, 2.05) is 0 Å². The van der Waals surface area contributed by atoms with E-state index in [9.17, 15) is 46.1 Å². The lowest BCUT2D eigenvalue weighted by Crippen LogP contribution is -2.54. The van der Waals surface area contributed by atoms with Crippen LogP contribution in [0.5, 0.6) is 0 Å². The van der Waals surface area contributed by atoms with Gasteiger partial charge in [0.05, 0.1) is 10.2 Å². The number of rotatable bonds is 16. The van der Waals surface area contributed by atoms with E-state index in [1.165, 1.54) is 17.0 Å². The number of nitro benzene ring substituents is 1. The lowest BCUT2D eigenvalue weighted by molar-refractivity contribution is -0.387. The number of nitrogens with zero attached hydrogens (tertiary/aromatic N) is 3. The van der Waals surface area contributed by atoms with Crippen molar-refractivity contribution in [3.63, 3.8) is 0 Å². The molecular formula is C31H44N6O11S2. The standard InChI is InChI=1S/C31H44N6O11S2/c1-31(2,3)48-30(41)33-23(29(40)36-17-8-11-25(36)27(32)38)15-18-35(50(46,47)26-12-5-4-10-24(26)37(42)43)16-7-6-9-20-19-22(20)28(39)34-49(44,45)21-13-14-21/h4-6,9-10,12,20-23,25H,7-8,11,13-19H2,1-3H3,(H2,32,38)(H,33,41)(H,34,39)/b9-6-/t20-,22+,23+,25?/m1/s1. The van der Waals surface area contributed by atoms with Crippen LogP contribution in [0.4, 0.5) is 10.5 Å². The molecule has 1 saturated heterocycles. The Balaban J connectivity index is 1.52. The molecule has 0 radical (unpaired) electrons. The number of likely N-dealkylation sites (tertiary alicyclic amines) is 1. The SMILES string of the molecule is CC(C)(C)OC(=O)N[C@@H](CCN(CC/C=C\[C@@H]1C[C@@H]1C(=O)NS(=O)(=O)C1CC1)S(=O)(=O)c1ccccc1[N+](=O)[O-])C(=O)N1CCCC1C(N)=O. The van der Waals surface area contributed by atoms with Gasteiger partial charge in [-0.2, -0.15) is 4.31 Å². The molecule has 4 amide bonds. The number of amides is 4. The van der Waals surface area contributed by atoms with Crippen LogP contribution in [0.3, 0.4) is 0 Å². The first kappa shape index (κ1) is 38.7. The summed E-state index contributed by atoms with van der Waals surface area (Å²) in [5.41, 5.74) is 3.93. The van der Waals surface area contributed by atoms with Crippen molar-refractivity contribution in [1.29, 1.82) is 0 Å². The van der Waals surface area contributed by atoms with Crippen LogP contribution in [-0.4, -0.2) is 97.3 Å². The number of carbonyl (C=O) groups is 4. The van der Waals surface area contributed by atoms with Gasteiger partial charge in [-0.1, -0.05) is 24.3 Å². The van der Waals surface area contributed by atoms with Gasteiger partial charge in [-0.05, 0) is 77.7 Å². The molecule has 4 atom stereocenters. The van der Waals surface area contributed by atoms with Crippen molar-refractivity contribution in [3.8, 4) is 0 Å². The molecular weight excluding hydrogens is 697 g/mol. The van der Waals surface area contributed by atoms with E-state index in [-0.39, 0.29) is 38.4 Å². The molecule has 1 heterocycles. The third kappa shape index (κ3) is 10.00. The number of nitrogens with two attached hydrogens (primary N) is 1. The van der Waals surface area contributed by atoms with Gasteiger partial charge < -0.3 is 20.7 Å². The maximum absolute atomic E-state index is 13.9. The molecule has 17 nitrogen and oxygen atoms in total. The van der Waals surface area contributed by atoms with Crippen molar-refractivity contribution < 1.29 is 45.7 Å². The normalized spacial score (nSPS) is 21.5. The van der Waals surface area contributed by atoms with Crippen molar-refractivity contribution in [3.05, 3.63) is 46.5 Å². The van der Waals surface area contributed by atoms with Crippen LogP contribution in [0.15, 0.2) is 41.3 Å². The lowest BCUT2D eigenvalue weighted by Gasteiger charge is -2.30. The summed E-state index contributed by atoms with van der Waals surface area (Å²) in [6, 6.07) is 2.56. The summed E-state index contributed by atoms with van der Waals surface area (Å²) in [4.78, 5) is 62.6. The Kier molecular flexibility index (Phi) is 11.9. The van der Waals surface area contributed by atoms with Crippen LogP contribution in [0, 0.1) is 22.0 Å². The second-order valence-electron chi connectivity index (χ2n) is 13.6. The van der Waals surface area contributed by atoms with E-state index in [0.717, 1.165) is 16.4 Å². The summed E-state index contributed by atoms with van der Waals surface area (Å²) >= 11 is 0. The summed E-state index contributed by atoms with van der Waals surface area (Å²) in [5, 5.41) is 13.7. The van der Waals surface area contributed by atoms with Gasteiger partial charge in [0.1, 0.15) is 17.7 Å². The maximum Gasteiger partial charge on any atom is 0.408 e. The number of primary amides is 1. The molecule has 1 aromatic carbocycles. The monoisotopic (exact) mass is 740 g/mol. The molecule has 1 aromatic rings. The molecule has 3 aliphatic rings. The molecule has 2 aliphatic carbocycles. The summed E-state index contributed by atoms with van der Waals surface area (Å²) in [6.45, 7) is 4.47. The van der Waals surface area contributed by atoms with Crippen LogP contribution in [0.2, 0.25) is 0 Å². The summed E-state index contributed by atoms with van der Waals surface area (Å²) in [6.07, 6.45) is 4.45. The van der Waals surface area contributed by atoms with E-state index < -0.39 is 88.2 Å². The quantitative estimate of drug-likeness (QED) is 0.125.